The molecule has 2 aliphatic carbocycles. The van der Waals surface area contributed by atoms with E-state index in [1.54, 1.807) is 0 Å². The van der Waals surface area contributed by atoms with Gasteiger partial charge in [-0.25, -0.2) is 4.98 Å². The zero-order valence-electron chi connectivity index (χ0n) is 13.6. The Morgan fingerprint density at radius 1 is 1.33 bits per heavy atom. The number of para-hydroxylation sites is 1. The third-order valence-electron chi connectivity index (χ3n) is 5.45. The number of nitrogens with one attached hydrogen (secondary N) is 2. The van der Waals surface area contributed by atoms with Gasteiger partial charge in [-0.1, -0.05) is 12.1 Å². The summed E-state index contributed by atoms with van der Waals surface area (Å²) in [5.41, 5.74) is 3.06. The van der Waals surface area contributed by atoms with E-state index in [0.29, 0.717) is 25.2 Å². The van der Waals surface area contributed by atoms with Crippen molar-refractivity contribution in [1.82, 2.24) is 15.3 Å². The lowest BCUT2D eigenvalue weighted by molar-refractivity contribution is -0.142. The maximum Gasteiger partial charge on any atom is 0.306 e. The molecule has 2 fully saturated rings. The third kappa shape index (κ3) is 2.66. The molecule has 3 N–H and O–H groups in total. The molecule has 24 heavy (non-hydrogen) atoms. The Morgan fingerprint density at radius 2 is 2.17 bits per heavy atom. The highest BCUT2D eigenvalue weighted by Gasteiger charge is 2.57. The molecule has 1 heterocycles. The second-order valence-corrected chi connectivity index (χ2v) is 7.07. The van der Waals surface area contributed by atoms with Crippen molar-refractivity contribution in [3.8, 4) is 0 Å². The van der Waals surface area contributed by atoms with Gasteiger partial charge >= 0.3 is 5.97 Å². The predicted octanol–water partition coefficient (Wildman–Crippen LogP) is 2.03. The highest BCUT2D eigenvalue weighted by molar-refractivity contribution is 5.79. The van der Waals surface area contributed by atoms with Gasteiger partial charge in [-0.15, -0.1) is 0 Å². The third-order valence-corrected chi connectivity index (χ3v) is 5.45. The normalized spacial score (nSPS) is 27.9. The number of H-pyrrole nitrogens is 1. The van der Waals surface area contributed by atoms with Crippen LogP contribution >= 0.6 is 0 Å². The molecule has 0 unspecified atom stereocenters. The molecule has 1 aromatic heterocycles. The van der Waals surface area contributed by atoms with Crippen molar-refractivity contribution in [2.24, 2.45) is 17.8 Å². The van der Waals surface area contributed by atoms with Crippen LogP contribution in [0.25, 0.3) is 11.0 Å². The number of carboxylic acid groups (broad SMARTS) is 1. The summed E-state index contributed by atoms with van der Waals surface area (Å²) in [6.45, 7) is 2.02. The first-order valence-electron chi connectivity index (χ1n) is 8.49. The van der Waals surface area contributed by atoms with E-state index in [9.17, 15) is 14.7 Å². The fourth-order valence-corrected chi connectivity index (χ4v) is 4.09. The fraction of sp³-hybridized carbons (Fsp3) is 0.500. The van der Waals surface area contributed by atoms with E-state index in [4.69, 9.17) is 0 Å². The predicted molar refractivity (Wildman–Crippen MR) is 88.4 cm³/mol. The first kappa shape index (κ1) is 15.2. The lowest BCUT2D eigenvalue weighted by Gasteiger charge is -2.15. The van der Waals surface area contributed by atoms with Crippen LogP contribution < -0.4 is 5.32 Å². The van der Waals surface area contributed by atoms with Crippen molar-refractivity contribution in [1.29, 1.82) is 0 Å². The van der Waals surface area contributed by atoms with Crippen LogP contribution in [0.1, 0.15) is 30.7 Å². The van der Waals surface area contributed by atoms with E-state index in [1.165, 1.54) is 0 Å². The Morgan fingerprint density at radius 3 is 2.88 bits per heavy atom. The number of carbonyl (C=O) groups excluding carboxylic acids is 1. The number of aryl methyl sites for hydroxylation is 2. The number of carboxylic acids is 1. The molecule has 2 aliphatic rings. The van der Waals surface area contributed by atoms with Gasteiger partial charge < -0.3 is 15.4 Å². The number of hydrogen-bond acceptors (Lipinski definition) is 3. The molecular formula is C18H21N3O3. The Kier molecular flexibility index (Phi) is 3.55. The van der Waals surface area contributed by atoms with E-state index in [-0.39, 0.29) is 23.8 Å². The molecule has 4 rings (SSSR count). The van der Waals surface area contributed by atoms with Crippen LogP contribution in [0.2, 0.25) is 0 Å². The number of hydrogen-bond donors (Lipinski definition) is 3. The number of carbonyl (C=O) groups is 2. The molecule has 6 nitrogen and oxygen atoms in total. The van der Waals surface area contributed by atoms with Crippen molar-refractivity contribution in [3.63, 3.8) is 0 Å². The quantitative estimate of drug-likeness (QED) is 0.783. The molecule has 2 aromatic rings. The minimum Gasteiger partial charge on any atom is -0.481 e. The van der Waals surface area contributed by atoms with Crippen molar-refractivity contribution in [2.75, 3.05) is 0 Å². The van der Waals surface area contributed by atoms with Crippen molar-refractivity contribution < 1.29 is 14.7 Å². The summed E-state index contributed by atoms with van der Waals surface area (Å²) in [6.07, 6.45) is 2.43. The fourth-order valence-electron chi connectivity index (χ4n) is 4.09. The second-order valence-electron chi connectivity index (χ2n) is 7.07. The average Bonchev–Trinajstić information content (AvgIpc) is 3.07. The number of rotatable bonds is 5. The van der Waals surface area contributed by atoms with Crippen LogP contribution in [0.15, 0.2) is 18.2 Å². The summed E-state index contributed by atoms with van der Waals surface area (Å²) in [5.74, 6) is 0.424. The molecule has 0 spiro atoms. The Balaban J connectivity index is 1.33. The molecule has 1 amide bonds. The molecule has 0 aliphatic heterocycles. The lowest BCUT2D eigenvalue weighted by Crippen LogP contribution is -2.36. The van der Waals surface area contributed by atoms with Gasteiger partial charge in [0.05, 0.1) is 17.0 Å². The molecule has 6 heteroatoms. The summed E-state index contributed by atoms with van der Waals surface area (Å²) in [6, 6.07) is 6.01. The summed E-state index contributed by atoms with van der Waals surface area (Å²) in [5, 5.41) is 12.2. The van der Waals surface area contributed by atoms with Crippen molar-refractivity contribution >= 4 is 22.9 Å². The summed E-state index contributed by atoms with van der Waals surface area (Å²) < 4.78 is 0. The van der Waals surface area contributed by atoms with Gasteiger partial charge in [0.15, 0.2) is 0 Å². The summed E-state index contributed by atoms with van der Waals surface area (Å²) in [4.78, 5) is 31.2. The number of benzene rings is 1. The minimum atomic E-state index is -0.725. The van der Waals surface area contributed by atoms with Crippen LogP contribution in [0.4, 0.5) is 0 Å². The minimum absolute atomic E-state index is 0.0196. The van der Waals surface area contributed by atoms with Crippen LogP contribution in [0.3, 0.4) is 0 Å². The first-order chi connectivity index (χ1) is 11.5. The van der Waals surface area contributed by atoms with E-state index in [1.807, 2.05) is 25.1 Å². The maximum atomic E-state index is 12.2. The van der Waals surface area contributed by atoms with Gasteiger partial charge in [0.2, 0.25) is 5.91 Å². The average molecular weight is 327 g/mol. The van der Waals surface area contributed by atoms with E-state index in [0.717, 1.165) is 28.8 Å². The number of aromatic amines is 1. The topological polar surface area (TPSA) is 95.1 Å². The Hall–Kier alpha value is -2.37. The number of amides is 1. The standard InChI is InChI=1S/C18H21N3O3/c1-9-3-2-4-13-17(9)21-15(19-13)5-6-16(22)20-14-8-12(18(23)24)10-7-11(10)14/h2-4,10-12,14H,5-8H2,1H3,(H,19,21)(H,20,22)(H,23,24)/t10-,11+,12-,14+/m0/s1. The van der Waals surface area contributed by atoms with Crippen LogP contribution in [0, 0.1) is 24.7 Å². The lowest BCUT2D eigenvalue weighted by atomic mass is 10.0. The number of nitrogens with zero attached hydrogens (tertiary/aromatic N) is 1. The second kappa shape index (κ2) is 5.61. The SMILES string of the molecule is Cc1cccc2[nH]c(CCC(=O)N[C@@H]3C[C@H](C(=O)O)[C@H]4C[C@H]43)nc12. The molecular weight excluding hydrogens is 306 g/mol. The first-order valence-corrected chi connectivity index (χ1v) is 8.49. The Labute approximate surface area is 139 Å². The highest BCUT2D eigenvalue weighted by atomic mass is 16.4. The molecule has 0 radical (unpaired) electrons. The molecule has 0 bridgehead atoms. The van der Waals surface area contributed by atoms with Gasteiger partial charge in [-0.3, -0.25) is 9.59 Å². The molecule has 1 aromatic carbocycles. The number of aromatic nitrogens is 2. The molecule has 2 saturated carbocycles. The van der Waals surface area contributed by atoms with E-state index >= 15 is 0 Å². The largest absolute Gasteiger partial charge is 0.481 e. The molecule has 126 valence electrons. The van der Waals surface area contributed by atoms with Crippen molar-refractivity contribution in [2.45, 2.75) is 38.6 Å². The summed E-state index contributed by atoms with van der Waals surface area (Å²) >= 11 is 0. The van der Waals surface area contributed by atoms with Gasteiger partial charge in [0.25, 0.3) is 0 Å². The maximum absolute atomic E-state index is 12.2. The zero-order chi connectivity index (χ0) is 16.8. The van der Waals surface area contributed by atoms with E-state index in [2.05, 4.69) is 15.3 Å². The zero-order valence-corrected chi connectivity index (χ0v) is 13.6. The van der Waals surface area contributed by atoms with Crippen LogP contribution in [-0.4, -0.2) is 33.0 Å². The monoisotopic (exact) mass is 327 g/mol. The van der Waals surface area contributed by atoms with Crippen LogP contribution in [-0.2, 0) is 16.0 Å². The van der Waals surface area contributed by atoms with Gasteiger partial charge in [0.1, 0.15) is 5.82 Å². The van der Waals surface area contributed by atoms with Gasteiger partial charge in [-0.2, -0.15) is 0 Å². The Bertz CT molecular complexity index is 813. The molecule has 4 atom stereocenters. The number of aliphatic carboxylic acids is 1. The van der Waals surface area contributed by atoms with Gasteiger partial charge in [-0.05, 0) is 43.2 Å². The van der Waals surface area contributed by atoms with Crippen molar-refractivity contribution in [3.05, 3.63) is 29.6 Å². The van der Waals surface area contributed by atoms with E-state index < -0.39 is 5.97 Å². The highest BCUT2D eigenvalue weighted by Crippen LogP contribution is 2.55. The van der Waals surface area contributed by atoms with Gasteiger partial charge in [0, 0.05) is 18.9 Å². The number of fused-ring (bicyclic) bond motifs is 2. The number of imidazole rings is 1. The molecule has 0 saturated heterocycles. The smallest absolute Gasteiger partial charge is 0.306 e. The summed E-state index contributed by atoms with van der Waals surface area (Å²) in [7, 11) is 0. The van der Waals surface area contributed by atoms with Crippen LogP contribution in [0.5, 0.6) is 0 Å².